The molecule has 2 aromatic carbocycles. The number of carbonyl (C=O) groups excluding carboxylic acids is 1. The van der Waals surface area contributed by atoms with Crippen LogP contribution in [-0.4, -0.2) is 63.9 Å². The number of tetrazole rings is 1. The van der Waals surface area contributed by atoms with Gasteiger partial charge in [-0.25, -0.2) is 0 Å². The molecule has 2 aliphatic rings. The summed E-state index contributed by atoms with van der Waals surface area (Å²) in [5.41, 5.74) is 5.42. The third-order valence-corrected chi connectivity index (χ3v) is 6.01. The molecule has 0 aliphatic carbocycles. The van der Waals surface area contributed by atoms with Crippen molar-refractivity contribution in [3.63, 3.8) is 0 Å². The molecule has 1 amide bonds. The van der Waals surface area contributed by atoms with Crippen LogP contribution in [0, 0.1) is 13.8 Å². The highest BCUT2D eigenvalue weighted by molar-refractivity contribution is 5.89. The molecule has 0 saturated carbocycles. The molecule has 164 valence electrons. The van der Waals surface area contributed by atoms with Crippen molar-refractivity contribution in [2.24, 2.45) is 0 Å². The van der Waals surface area contributed by atoms with Crippen molar-refractivity contribution >= 4 is 17.6 Å². The zero-order valence-electron chi connectivity index (χ0n) is 18.3. The number of aryl methyl sites for hydroxylation is 2. The Morgan fingerprint density at radius 2 is 1.66 bits per heavy atom. The van der Waals surface area contributed by atoms with E-state index in [4.69, 9.17) is 4.74 Å². The largest absolute Gasteiger partial charge is 0.378 e. The highest BCUT2D eigenvalue weighted by Gasteiger charge is 2.33. The van der Waals surface area contributed by atoms with Gasteiger partial charge in [-0.05, 0) is 41.5 Å². The van der Waals surface area contributed by atoms with E-state index in [0.29, 0.717) is 32.3 Å². The minimum Gasteiger partial charge on any atom is -0.378 e. The Labute approximate surface area is 187 Å². The van der Waals surface area contributed by atoms with Gasteiger partial charge in [0.25, 0.3) is 5.95 Å². The lowest BCUT2D eigenvalue weighted by Gasteiger charge is -2.35. The summed E-state index contributed by atoms with van der Waals surface area (Å²) in [4.78, 5) is 16.9. The summed E-state index contributed by atoms with van der Waals surface area (Å²) < 4.78 is 7.19. The number of nitrogens with zero attached hydrogens (tertiary/aromatic N) is 6. The summed E-state index contributed by atoms with van der Waals surface area (Å²) in [6, 6.07) is 16.5. The van der Waals surface area contributed by atoms with E-state index < -0.39 is 0 Å². The summed E-state index contributed by atoms with van der Waals surface area (Å²) in [7, 11) is 0. The Morgan fingerprint density at radius 3 is 2.34 bits per heavy atom. The molecule has 1 atom stereocenters. The third-order valence-electron chi connectivity index (χ3n) is 6.01. The number of morpholine rings is 1. The molecule has 0 unspecified atom stereocenters. The molecule has 3 aromatic rings. The zero-order valence-corrected chi connectivity index (χ0v) is 18.3. The van der Waals surface area contributed by atoms with Crippen LogP contribution in [0.2, 0.25) is 0 Å². The number of ether oxygens (including phenoxy) is 1. The van der Waals surface area contributed by atoms with Crippen molar-refractivity contribution in [1.82, 2.24) is 25.1 Å². The van der Waals surface area contributed by atoms with Crippen LogP contribution in [0.1, 0.15) is 28.3 Å². The van der Waals surface area contributed by atoms with Crippen molar-refractivity contribution in [2.75, 3.05) is 37.7 Å². The quantitative estimate of drug-likeness (QED) is 0.633. The highest BCUT2D eigenvalue weighted by Crippen LogP contribution is 2.36. The first-order chi connectivity index (χ1) is 15.6. The van der Waals surface area contributed by atoms with E-state index in [0.717, 1.165) is 16.8 Å². The van der Waals surface area contributed by atoms with Crippen LogP contribution in [0.25, 0.3) is 5.70 Å². The third kappa shape index (κ3) is 3.89. The smallest absolute Gasteiger partial charge is 0.251 e. The summed E-state index contributed by atoms with van der Waals surface area (Å²) in [5.74, 6) is 0.602. The number of allylic oxidation sites excluding steroid dienone is 1. The van der Waals surface area contributed by atoms with E-state index in [1.54, 1.807) is 4.68 Å². The van der Waals surface area contributed by atoms with Gasteiger partial charge in [-0.1, -0.05) is 64.8 Å². The molecule has 32 heavy (non-hydrogen) atoms. The highest BCUT2D eigenvalue weighted by atomic mass is 16.5. The molecular weight excluding hydrogens is 404 g/mol. The molecule has 3 heterocycles. The second-order valence-corrected chi connectivity index (χ2v) is 8.28. The molecule has 2 aliphatic heterocycles. The summed E-state index contributed by atoms with van der Waals surface area (Å²) in [6.45, 7) is 6.65. The number of fused-ring (bicyclic) bond motifs is 1. The molecule has 0 bridgehead atoms. The van der Waals surface area contributed by atoms with E-state index in [9.17, 15) is 4.79 Å². The van der Waals surface area contributed by atoms with Gasteiger partial charge in [0.1, 0.15) is 12.6 Å². The summed E-state index contributed by atoms with van der Waals surface area (Å²) in [6.07, 6.45) is 2.14. The zero-order chi connectivity index (χ0) is 22.1. The predicted molar refractivity (Wildman–Crippen MR) is 121 cm³/mol. The number of rotatable bonds is 4. The number of carbonyl (C=O) groups is 1. The van der Waals surface area contributed by atoms with Crippen LogP contribution in [0.5, 0.6) is 0 Å². The molecule has 0 radical (unpaired) electrons. The Bertz CT molecular complexity index is 1130. The maximum absolute atomic E-state index is 13.1. The minimum absolute atomic E-state index is 0.0367. The second-order valence-electron chi connectivity index (χ2n) is 8.28. The van der Waals surface area contributed by atoms with Gasteiger partial charge in [0.15, 0.2) is 0 Å². The monoisotopic (exact) mass is 430 g/mol. The van der Waals surface area contributed by atoms with E-state index in [1.807, 2.05) is 9.80 Å². The standard InChI is InChI=1S/C24H26N6O2/c1-17-3-7-19(8-4-17)21-15-22(20-9-5-18(2)6-10-20)30-24(25-26-27-30)29(21)16-23(31)28-11-13-32-14-12-28/h3-10,15,22H,11-14,16H2,1-2H3/t22-/m0/s1. The van der Waals surface area contributed by atoms with Gasteiger partial charge in [0.2, 0.25) is 5.91 Å². The molecule has 5 rings (SSSR count). The Morgan fingerprint density at radius 1 is 1.00 bits per heavy atom. The lowest BCUT2D eigenvalue weighted by atomic mass is 9.99. The van der Waals surface area contributed by atoms with Crippen LogP contribution < -0.4 is 4.90 Å². The van der Waals surface area contributed by atoms with Gasteiger partial charge >= 0.3 is 0 Å². The molecule has 8 heteroatoms. The number of aromatic nitrogens is 4. The van der Waals surface area contributed by atoms with Crippen molar-refractivity contribution < 1.29 is 9.53 Å². The molecule has 1 saturated heterocycles. The van der Waals surface area contributed by atoms with Crippen LogP contribution in [0.15, 0.2) is 54.6 Å². The van der Waals surface area contributed by atoms with Gasteiger partial charge < -0.3 is 9.64 Å². The topological polar surface area (TPSA) is 76.4 Å². The molecule has 1 fully saturated rings. The van der Waals surface area contributed by atoms with E-state index in [2.05, 4.69) is 84.0 Å². The van der Waals surface area contributed by atoms with E-state index in [-0.39, 0.29) is 18.5 Å². The maximum Gasteiger partial charge on any atom is 0.251 e. The number of hydrogen-bond acceptors (Lipinski definition) is 6. The number of anilines is 1. The van der Waals surface area contributed by atoms with Crippen molar-refractivity contribution in [1.29, 1.82) is 0 Å². The minimum atomic E-state index is -0.161. The average Bonchev–Trinajstić information content (AvgIpc) is 3.31. The fourth-order valence-corrected chi connectivity index (χ4v) is 4.15. The molecule has 8 nitrogen and oxygen atoms in total. The predicted octanol–water partition coefficient (Wildman–Crippen LogP) is 2.60. The maximum atomic E-state index is 13.1. The molecular formula is C24H26N6O2. The first-order valence-corrected chi connectivity index (χ1v) is 10.9. The fraction of sp³-hybridized carbons (Fsp3) is 0.333. The molecule has 0 spiro atoms. The van der Waals surface area contributed by atoms with Gasteiger partial charge in [-0.2, -0.15) is 4.68 Å². The molecule has 0 N–H and O–H groups in total. The second kappa shape index (κ2) is 8.55. The van der Waals surface area contributed by atoms with E-state index in [1.165, 1.54) is 11.1 Å². The fourth-order valence-electron chi connectivity index (χ4n) is 4.15. The van der Waals surface area contributed by atoms with Crippen LogP contribution in [-0.2, 0) is 9.53 Å². The molecule has 1 aromatic heterocycles. The normalized spacial score (nSPS) is 18.3. The number of amides is 1. The first-order valence-electron chi connectivity index (χ1n) is 10.9. The SMILES string of the molecule is Cc1ccc(C2=C[C@@H](c3ccc(C)cc3)n3nnnc3N2CC(=O)N2CCOCC2)cc1. The Kier molecular flexibility index (Phi) is 5.45. The number of benzene rings is 2. The summed E-state index contributed by atoms with van der Waals surface area (Å²) in [5, 5.41) is 12.5. The van der Waals surface area contributed by atoms with Gasteiger partial charge in [-0.15, -0.1) is 0 Å². The van der Waals surface area contributed by atoms with Gasteiger partial charge in [0, 0.05) is 13.1 Å². The van der Waals surface area contributed by atoms with Gasteiger partial charge in [0.05, 0.1) is 18.9 Å². The lowest BCUT2D eigenvalue weighted by molar-refractivity contribution is -0.133. The van der Waals surface area contributed by atoms with E-state index >= 15 is 0 Å². The summed E-state index contributed by atoms with van der Waals surface area (Å²) >= 11 is 0. The van der Waals surface area contributed by atoms with Crippen LogP contribution in [0.3, 0.4) is 0 Å². The van der Waals surface area contributed by atoms with Gasteiger partial charge in [-0.3, -0.25) is 9.69 Å². The van der Waals surface area contributed by atoms with Crippen LogP contribution in [0.4, 0.5) is 5.95 Å². The number of hydrogen-bond donors (Lipinski definition) is 0. The Balaban J connectivity index is 1.56. The first kappa shape index (κ1) is 20.4. The van der Waals surface area contributed by atoms with Crippen molar-refractivity contribution in [3.05, 3.63) is 76.9 Å². The lowest BCUT2D eigenvalue weighted by Crippen LogP contribution is -2.46. The van der Waals surface area contributed by atoms with Crippen LogP contribution >= 0.6 is 0 Å². The van der Waals surface area contributed by atoms with Crippen molar-refractivity contribution in [3.8, 4) is 0 Å². The average molecular weight is 431 g/mol. The Hall–Kier alpha value is -3.52. The van der Waals surface area contributed by atoms with Crippen molar-refractivity contribution in [2.45, 2.75) is 19.9 Å².